The highest BCUT2D eigenvalue weighted by Crippen LogP contribution is 2.37. The van der Waals surface area contributed by atoms with Crippen molar-refractivity contribution in [2.75, 3.05) is 18.0 Å². The molecule has 0 radical (unpaired) electrons. The maximum Gasteiger partial charge on any atom is 0.416 e. The number of alkyl halides is 3. The molecule has 0 aliphatic carbocycles. The van der Waals surface area contributed by atoms with Gasteiger partial charge in [-0.2, -0.15) is 13.2 Å². The van der Waals surface area contributed by atoms with E-state index in [-0.39, 0.29) is 36.5 Å². The third-order valence-electron chi connectivity index (χ3n) is 3.30. The average molecular weight is 362 g/mol. The zero-order valence-corrected chi connectivity index (χ0v) is 13.0. The molecule has 22 heavy (non-hydrogen) atoms. The van der Waals surface area contributed by atoms with E-state index in [2.05, 4.69) is 0 Å². The number of hydrogen-bond acceptors (Lipinski definition) is 4. The quantitative estimate of drug-likeness (QED) is 0.647. The number of nitrogens with zero attached hydrogens (tertiary/aromatic N) is 2. The van der Waals surface area contributed by atoms with E-state index in [0.29, 0.717) is 19.2 Å². The van der Waals surface area contributed by atoms with E-state index in [1.54, 1.807) is 4.90 Å². The van der Waals surface area contributed by atoms with Gasteiger partial charge in [0.1, 0.15) is 5.69 Å². The number of hydrogen-bond donors (Lipinski definition) is 1. The van der Waals surface area contributed by atoms with Gasteiger partial charge in [0.05, 0.1) is 10.5 Å². The minimum atomic E-state index is -4.60. The largest absolute Gasteiger partial charge is 0.416 e. The van der Waals surface area contributed by atoms with Crippen molar-refractivity contribution in [3.05, 3.63) is 33.9 Å². The molecule has 5 nitrogen and oxygen atoms in total. The molecule has 0 spiro atoms. The van der Waals surface area contributed by atoms with Gasteiger partial charge in [0, 0.05) is 25.2 Å². The summed E-state index contributed by atoms with van der Waals surface area (Å²) in [7, 11) is 0. The molecule has 0 bridgehead atoms. The molecule has 0 saturated carbocycles. The molecule has 1 aromatic rings. The predicted octanol–water partition coefficient (Wildman–Crippen LogP) is 3.38. The Bertz CT molecular complexity index is 529. The van der Waals surface area contributed by atoms with Crippen LogP contribution < -0.4 is 10.6 Å². The van der Waals surface area contributed by atoms with Crippen molar-refractivity contribution >= 4 is 36.2 Å². The number of benzene rings is 1. The Labute approximate surface area is 137 Å². The van der Waals surface area contributed by atoms with Crippen molar-refractivity contribution in [3.63, 3.8) is 0 Å². The third kappa shape index (κ3) is 4.62. The number of nitrogens with two attached hydrogens (primary N) is 1. The van der Waals surface area contributed by atoms with Gasteiger partial charge in [-0.25, -0.2) is 0 Å². The number of nitro groups is 1. The van der Waals surface area contributed by atoms with Crippen molar-refractivity contribution in [1.29, 1.82) is 0 Å². The van der Waals surface area contributed by atoms with Crippen LogP contribution in [0.4, 0.5) is 24.5 Å². The van der Waals surface area contributed by atoms with Crippen molar-refractivity contribution in [3.8, 4) is 0 Å². The van der Waals surface area contributed by atoms with Crippen LogP contribution in [0.1, 0.15) is 18.4 Å². The van der Waals surface area contributed by atoms with Crippen molar-refractivity contribution in [2.24, 2.45) is 5.73 Å². The molecule has 2 rings (SSSR count). The summed E-state index contributed by atoms with van der Waals surface area (Å²) < 4.78 is 37.8. The van der Waals surface area contributed by atoms with Gasteiger partial charge in [0.15, 0.2) is 0 Å². The maximum atomic E-state index is 12.6. The summed E-state index contributed by atoms with van der Waals surface area (Å²) in [6.45, 7) is 0.964. The first-order valence-corrected chi connectivity index (χ1v) is 6.15. The van der Waals surface area contributed by atoms with Gasteiger partial charge in [0.2, 0.25) is 0 Å². The lowest BCUT2D eigenvalue weighted by Gasteiger charge is -2.32. The van der Waals surface area contributed by atoms with Gasteiger partial charge in [-0.3, -0.25) is 10.1 Å². The number of anilines is 1. The molecular weight excluding hydrogens is 346 g/mol. The smallest absolute Gasteiger partial charge is 0.364 e. The molecule has 1 saturated heterocycles. The number of rotatable bonds is 2. The van der Waals surface area contributed by atoms with E-state index < -0.39 is 22.4 Å². The van der Waals surface area contributed by atoms with Gasteiger partial charge in [-0.1, -0.05) is 0 Å². The topological polar surface area (TPSA) is 72.4 Å². The highest BCUT2D eigenvalue weighted by molar-refractivity contribution is 5.85. The Morgan fingerprint density at radius 2 is 1.95 bits per heavy atom. The van der Waals surface area contributed by atoms with Crippen molar-refractivity contribution in [2.45, 2.75) is 25.1 Å². The Hall–Kier alpha value is -1.25. The molecule has 1 heterocycles. The highest BCUT2D eigenvalue weighted by atomic mass is 35.5. The summed E-state index contributed by atoms with van der Waals surface area (Å²) in [6.07, 6.45) is -3.02. The number of halogens is 5. The van der Waals surface area contributed by atoms with Gasteiger partial charge < -0.3 is 10.6 Å². The van der Waals surface area contributed by atoms with Crippen LogP contribution >= 0.6 is 24.8 Å². The molecule has 1 aliphatic rings. The third-order valence-corrected chi connectivity index (χ3v) is 3.30. The Morgan fingerprint density at radius 3 is 2.45 bits per heavy atom. The predicted molar refractivity (Wildman–Crippen MR) is 82.0 cm³/mol. The molecule has 1 aliphatic heterocycles. The lowest BCUT2D eigenvalue weighted by Crippen LogP contribution is -2.43. The van der Waals surface area contributed by atoms with Crippen LogP contribution in [-0.4, -0.2) is 24.1 Å². The second-order valence-corrected chi connectivity index (χ2v) is 4.81. The van der Waals surface area contributed by atoms with Crippen molar-refractivity contribution < 1.29 is 18.1 Å². The van der Waals surface area contributed by atoms with E-state index in [4.69, 9.17) is 5.73 Å². The lowest BCUT2D eigenvalue weighted by atomic mass is 10.0. The number of nitro benzene ring substituents is 1. The molecule has 0 aromatic heterocycles. The second-order valence-electron chi connectivity index (χ2n) is 4.81. The van der Waals surface area contributed by atoms with E-state index in [9.17, 15) is 23.3 Å². The summed E-state index contributed by atoms with van der Waals surface area (Å²) in [5.41, 5.74) is 4.44. The van der Waals surface area contributed by atoms with Gasteiger partial charge in [0.25, 0.3) is 5.69 Å². The summed E-state index contributed by atoms with van der Waals surface area (Å²) in [6, 6.07) is 2.47. The van der Waals surface area contributed by atoms with Crippen LogP contribution in [0.3, 0.4) is 0 Å². The zero-order chi connectivity index (χ0) is 14.9. The minimum Gasteiger partial charge on any atom is -0.364 e. The van der Waals surface area contributed by atoms with Crippen LogP contribution in [0, 0.1) is 10.1 Å². The van der Waals surface area contributed by atoms with Gasteiger partial charge in [-0.15, -0.1) is 24.8 Å². The Balaban J connectivity index is 0.00000220. The first kappa shape index (κ1) is 20.8. The van der Waals surface area contributed by atoms with E-state index >= 15 is 0 Å². The monoisotopic (exact) mass is 361 g/mol. The van der Waals surface area contributed by atoms with Crippen LogP contribution in [0.25, 0.3) is 0 Å². The van der Waals surface area contributed by atoms with E-state index in [0.717, 1.165) is 25.0 Å². The normalized spacial score (nSPS) is 18.2. The zero-order valence-electron chi connectivity index (χ0n) is 11.4. The first-order chi connectivity index (χ1) is 9.29. The first-order valence-electron chi connectivity index (χ1n) is 6.15. The van der Waals surface area contributed by atoms with E-state index in [1.165, 1.54) is 0 Å². The summed E-state index contributed by atoms with van der Waals surface area (Å²) >= 11 is 0. The Morgan fingerprint density at radius 1 is 1.32 bits per heavy atom. The fourth-order valence-electron chi connectivity index (χ4n) is 2.34. The van der Waals surface area contributed by atoms with Crippen LogP contribution in [0.15, 0.2) is 18.2 Å². The molecular formula is C12H16Cl2F3N3O2. The van der Waals surface area contributed by atoms with E-state index in [1.807, 2.05) is 0 Å². The molecule has 2 N–H and O–H groups in total. The van der Waals surface area contributed by atoms with Crippen LogP contribution in [0.5, 0.6) is 0 Å². The molecule has 0 amide bonds. The van der Waals surface area contributed by atoms with Crippen molar-refractivity contribution in [1.82, 2.24) is 0 Å². The number of piperidine rings is 1. The molecule has 1 atom stereocenters. The second kappa shape index (κ2) is 7.85. The molecule has 1 unspecified atom stereocenters. The summed E-state index contributed by atoms with van der Waals surface area (Å²) in [5.74, 6) is 0. The SMILES string of the molecule is Cl.Cl.NC1CCCN(c2ccc(C(F)(F)F)cc2[N+](=O)[O-])C1. The highest BCUT2D eigenvalue weighted by Gasteiger charge is 2.34. The fourth-order valence-corrected chi connectivity index (χ4v) is 2.34. The summed E-state index contributed by atoms with van der Waals surface area (Å²) in [4.78, 5) is 11.9. The maximum absolute atomic E-state index is 12.6. The van der Waals surface area contributed by atoms with Gasteiger partial charge in [-0.05, 0) is 25.0 Å². The molecule has 10 heteroatoms. The minimum absolute atomic E-state index is 0. The molecule has 1 aromatic carbocycles. The summed E-state index contributed by atoms with van der Waals surface area (Å²) in [5, 5.41) is 11.0. The van der Waals surface area contributed by atoms with Gasteiger partial charge >= 0.3 is 6.18 Å². The molecule has 126 valence electrons. The fraction of sp³-hybridized carbons (Fsp3) is 0.500. The average Bonchev–Trinajstić information content (AvgIpc) is 2.37. The standard InChI is InChI=1S/C12H14F3N3O2.2ClH/c13-12(14,15)8-3-4-10(11(6-8)18(19)20)17-5-1-2-9(16)7-17;;/h3-4,6,9H,1-2,5,7,16H2;2*1H. The van der Waals surface area contributed by atoms with Crippen LogP contribution in [0.2, 0.25) is 0 Å². The lowest BCUT2D eigenvalue weighted by molar-refractivity contribution is -0.384. The Kier molecular flexibility index (Phi) is 7.40. The molecule has 1 fully saturated rings. The van der Waals surface area contributed by atoms with Crippen LogP contribution in [-0.2, 0) is 6.18 Å².